The van der Waals surface area contributed by atoms with Crippen LogP contribution in [0.3, 0.4) is 0 Å². The molecule has 2 N–H and O–H groups in total. The summed E-state index contributed by atoms with van der Waals surface area (Å²) < 4.78 is 5.22. The number of hydrogen-bond donors (Lipinski definition) is 2. The quantitative estimate of drug-likeness (QED) is 0.424. The molecular formula is C10H19NO2. The molecule has 0 amide bonds. The first-order chi connectivity index (χ1) is 6.31. The zero-order valence-electron chi connectivity index (χ0n) is 8.25. The lowest BCUT2D eigenvalue weighted by Crippen LogP contribution is -2.30. The highest BCUT2D eigenvalue weighted by Gasteiger charge is 2.01. The SMILES string of the molecule is C#CCNCC(O)COCCCC. The highest BCUT2D eigenvalue weighted by atomic mass is 16.5. The normalized spacial score (nSPS) is 12.4. The first-order valence-corrected chi connectivity index (χ1v) is 4.71. The smallest absolute Gasteiger partial charge is 0.0897 e. The minimum absolute atomic E-state index is 0.386. The molecule has 0 aliphatic heterocycles. The van der Waals surface area contributed by atoms with Crippen molar-refractivity contribution in [2.45, 2.75) is 25.9 Å². The maximum absolute atomic E-state index is 9.32. The van der Waals surface area contributed by atoms with Gasteiger partial charge in [0.05, 0.1) is 19.3 Å². The van der Waals surface area contributed by atoms with Crippen LogP contribution in [0.1, 0.15) is 19.8 Å². The Balaban J connectivity index is 3.11. The summed E-state index contributed by atoms with van der Waals surface area (Å²) in [6, 6.07) is 0. The summed E-state index contributed by atoms with van der Waals surface area (Å²) in [5.41, 5.74) is 0. The van der Waals surface area contributed by atoms with Gasteiger partial charge in [-0.05, 0) is 6.42 Å². The van der Waals surface area contributed by atoms with Crippen LogP contribution in [-0.2, 0) is 4.74 Å². The Morgan fingerprint density at radius 2 is 2.38 bits per heavy atom. The third-order valence-corrected chi connectivity index (χ3v) is 1.56. The van der Waals surface area contributed by atoms with Crippen molar-refractivity contribution in [1.82, 2.24) is 5.32 Å². The number of aliphatic hydroxyl groups is 1. The van der Waals surface area contributed by atoms with Crippen LogP contribution in [-0.4, -0.2) is 37.5 Å². The van der Waals surface area contributed by atoms with E-state index in [4.69, 9.17) is 11.2 Å². The average molecular weight is 185 g/mol. The van der Waals surface area contributed by atoms with Crippen molar-refractivity contribution in [1.29, 1.82) is 0 Å². The number of rotatable bonds is 8. The molecular weight excluding hydrogens is 166 g/mol. The van der Waals surface area contributed by atoms with Crippen molar-refractivity contribution >= 4 is 0 Å². The summed E-state index contributed by atoms with van der Waals surface area (Å²) in [7, 11) is 0. The van der Waals surface area contributed by atoms with Crippen LogP contribution in [0.2, 0.25) is 0 Å². The molecule has 1 atom stereocenters. The van der Waals surface area contributed by atoms with Gasteiger partial charge in [0.1, 0.15) is 0 Å². The Morgan fingerprint density at radius 3 is 3.00 bits per heavy atom. The molecule has 3 heteroatoms. The van der Waals surface area contributed by atoms with Crippen molar-refractivity contribution in [2.24, 2.45) is 0 Å². The Morgan fingerprint density at radius 1 is 1.62 bits per heavy atom. The minimum atomic E-state index is -0.454. The molecule has 0 bridgehead atoms. The van der Waals surface area contributed by atoms with E-state index in [1.165, 1.54) is 0 Å². The van der Waals surface area contributed by atoms with Crippen LogP contribution in [0.5, 0.6) is 0 Å². The topological polar surface area (TPSA) is 41.5 Å². The third kappa shape index (κ3) is 9.35. The van der Waals surface area contributed by atoms with Gasteiger partial charge in [0, 0.05) is 13.2 Å². The summed E-state index contributed by atoms with van der Waals surface area (Å²) in [6.07, 6.45) is 6.74. The lowest BCUT2D eigenvalue weighted by atomic mass is 10.3. The van der Waals surface area contributed by atoms with Crippen LogP contribution < -0.4 is 5.32 Å². The van der Waals surface area contributed by atoms with Crippen LogP contribution in [0.15, 0.2) is 0 Å². The van der Waals surface area contributed by atoms with E-state index in [1.54, 1.807) is 0 Å². The molecule has 0 aliphatic rings. The summed E-state index contributed by atoms with van der Waals surface area (Å²) in [6.45, 7) is 4.21. The molecule has 0 saturated carbocycles. The number of nitrogens with one attached hydrogen (secondary N) is 1. The predicted octanol–water partition coefficient (Wildman–Crippen LogP) is 0.387. The highest BCUT2D eigenvalue weighted by molar-refractivity contribution is 4.86. The van der Waals surface area contributed by atoms with Crippen molar-refractivity contribution in [3.63, 3.8) is 0 Å². The van der Waals surface area contributed by atoms with Crippen LogP contribution in [0.4, 0.5) is 0 Å². The Kier molecular flexibility index (Phi) is 9.12. The number of terminal acetylenes is 1. The van der Waals surface area contributed by atoms with Gasteiger partial charge in [-0.3, -0.25) is 0 Å². The molecule has 0 saturated heterocycles. The highest BCUT2D eigenvalue weighted by Crippen LogP contribution is 1.89. The first-order valence-electron chi connectivity index (χ1n) is 4.71. The Hall–Kier alpha value is -0.560. The van der Waals surface area contributed by atoms with Crippen molar-refractivity contribution in [3.05, 3.63) is 0 Å². The lowest BCUT2D eigenvalue weighted by Gasteiger charge is -2.10. The van der Waals surface area contributed by atoms with E-state index in [-0.39, 0.29) is 0 Å². The van der Waals surface area contributed by atoms with Crippen molar-refractivity contribution in [3.8, 4) is 12.3 Å². The molecule has 0 radical (unpaired) electrons. The number of hydrogen-bond acceptors (Lipinski definition) is 3. The molecule has 0 spiro atoms. The molecule has 1 unspecified atom stereocenters. The second-order valence-electron chi connectivity index (χ2n) is 2.92. The average Bonchev–Trinajstić information content (AvgIpc) is 2.13. The molecule has 0 heterocycles. The van der Waals surface area contributed by atoms with E-state index in [0.29, 0.717) is 19.7 Å². The second kappa shape index (κ2) is 9.53. The van der Waals surface area contributed by atoms with Crippen LogP contribution in [0, 0.1) is 12.3 Å². The fourth-order valence-electron chi connectivity index (χ4n) is 0.836. The first kappa shape index (κ1) is 12.4. The van der Waals surface area contributed by atoms with Gasteiger partial charge >= 0.3 is 0 Å². The zero-order chi connectivity index (χ0) is 9.94. The molecule has 0 fully saturated rings. The van der Waals surface area contributed by atoms with Crippen LogP contribution in [0.25, 0.3) is 0 Å². The number of ether oxygens (including phenoxy) is 1. The summed E-state index contributed by atoms with van der Waals surface area (Å²) in [4.78, 5) is 0. The van der Waals surface area contributed by atoms with Gasteiger partial charge in [0.15, 0.2) is 0 Å². The molecule has 76 valence electrons. The van der Waals surface area contributed by atoms with E-state index < -0.39 is 6.10 Å². The monoisotopic (exact) mass is 185 g/mol. The Labute approximate surface area is 80.5 Å². The van der Waals surface area contributed by atoms with Gasteiger partial charge in [-0.15, -0.1) is 6.42 Å². The second-order valence-corrected chi connectivity index (χ2v) is 2.92. The van der Waals surface area contributed by atoms with Gasteiger partial charge in [-0.2, -0.15) is 0 Å². The number of unbranched alkanes of at least 4 members (excludes halogenated alkanes) is 1. The standard InChI is InChI=1S/C10H19NO2/c1-3-5-7-13-9-10(12)8-11-6-4-2/h2,10-12H,3,5-9H2,1H3. The van der Waals surface area contributed by atoms with Gasteiger partial charge in [-0.1, -0.05) is 19.3 Å². The maximum Gasteiger partial charge on any atom is 0.0897 e. The molecule has 13 heavy (non-hydrogen) atoms. The maximum atomic E-state index is 9.32. The summed E-state index contributed by atoms with van der Waals surface area (Å²) in [5, 5.41) is 12.2. The fraction of sp³-hybridized carbons (Fsp3) is 0.800. The van der Waals surface area contributed by atoms with Crippen molar-refractivity contribution in [2.75, 3.05) is 26.3 Å². The largest absolute Gasteiger partial charge is 0.389 e. The molecule has 0 rings (SSSR count). The summed E-state index contributed by atoms with van der Waals surface area (Å²) in [5.74, 6) is 2.44. The van der Waals surface area contributed by atoms with E-state index in [2.05, 4.69) is 18.2 Å². The van der Waals surface area contributed by atoms with E-state index in [0.717, 1.165) is 19.4 Å². The van der Waals surface area contributed by atoms with E-state index in [1.807, 2.05) is 0 Å². The van der Waals surface area contributed by atoms with Gasteiger partial charge < -0.3 is 15.2 Å². The van der Waals surface area contributed by atoms with Crippen LogP contribution >= 0.6 is 0 Å². The molecule has 0 aromatic heterocycles. The fourth-order valence-corrected chi connectivity index (χ4v) is 0.836. The molecule has 0 aliphatic carbocycles. The zero-order valence-corrected chi connectivity index (χ0v) is 8.25. The molecule has 0 aromatic rings. The molecule has 3 nitrogen and oxygen atoms in total. The Bertz CT molecular complexity index is 142. The predicted molar refractivity (Wildman–Crippen MR) is 53.4 cm³/mol. The third-order valence-electron chi connectivity index (χ3n) is 1.56. The number of aliphatic hydroxyl groups excluding tert-OH is 1. The lowest BCUT2D eigenvalue weighted by molar-refractivity contribution is 0.0364. The van der Waals surface area contributed by atoms with Gasteiger partial charge in [0.25, 0.3) is 0 Å². The van der Waals surface area contributed by atoms with E-state index in [9.17, 15) is 5.11 Å². The minimum Gasteiger partial charge on any atom is -0.389 e. The molecule has 0 aromatic carbocycles. The van der Waals surface area contributed by atoms with Crippen molar-refractivity contribution < 1.29 is 9.84 Å². The summed E-state index contributed by atoms with van der Waals surface area (Å²) >= 11 is 0. The van der Waals surface area contributed by atoms with Gasteiger partial charge in [0.2, 0.25) is 0 Å². The van der Waals surface area contributed by atoms with E-state index >= 15 is 0 Å². The van der Waals surface area contributed by atoms with Gasteiger partial charge in [-0.25, -0.2) is 0 Å².